The highest BCUT2D eigenvalue weighted by Gasteiger charge is 2.42. The fraction of sp³-hybridized carbons (Fsp3) is 0.438. The van der Waals surface area contributed by atoms with Gasteiger partial charge in [0, 0.05) is 6.07 Å². The van der Waals surface area contributed by atoms with E-state index in [0.29, 0.717) is 22.1 Å². The van der Waals surface area contributed by atoms with Crippen molar-refractivity contribution in [2.24, 2.45) is 5.92 Å². The second-order valence-electron chi connectivity index (χ2n) is 6.16. The highest BCUT2D eigenvalue weighted by atomic mass is 35.5. The minimum atomic E-state index is -0.828. The summed E-state index contributed by atoms with van der Waals surface area (Å²) in [6.45, 7) is 1.66. The Balaban J connectivity index is 1.63. The first-order valence-corrected chi connectivity index (χ1v) is 8.01. The largest absolute Gasteiger partial charge is 0.482 e. The fourth-order valence-electron chi connectivity index (χ4n) is 2.63. The van der Waals surface area contributed by atoms with Gasteiger partial charge in [0.15, 0.2) is 6.61 Å². The molecule has 3 rings (SSSR count). The summed E-state index contributed by atoms with van der Waals surface area (Å²) < 4.78 is 5.32. The van der Waals surface area contributed by atoms with Gasteiger partial charge in [-0.25, -0.2) is 0 Å². The van der Waals surface area contributed by atoms with Crippen molar-refractivity contribution in [1.82, 2.24) is 5.32 Å². The fourth-order valence-corrected chi connectivity index (χ4v) is 2.86. The van der Waals surface area contributed by atoms with Gasteiger partial charge in [0.25, 0.3) is 5.91 Å². The van der Waals surface area contributed by atoms with Crippen molar-refractivity contribution in [3.8, 4) is 11.8 Å². The molecule has 3 N–H and O–H groups in total. The average Bonchev–Trinajstić information content (AvgIpc) is 3.38. The number of rotatable bonds is 5. The van der Waals surface area contributed by atoms with Crippen molar-refractivity contribution in [3.63, 3.8) is 0 Å². The van der Waals surface area contributed by atoms with Gasteiger partial charge >= 0.3 is 0 Å². The highest BCUT2D eigenvalue weighted by Crippen LogP contribution is 2.39. The number of nitriles is 1. The third-order valence-electron chi connectivity index (χ3n) is 4.17. The molecule has 1 saturated carbocycles. The maximum atomic E-state index is 12.1. The van der Waals surface area contributed by atoms with Crippen LogP contribution in [0.5, 0.6) is 5.75 Å². The van der Waals surface area contributed by atoms with Gasteiger partial charge in [0.2, 0.25) is 5.91 Å². The van der Waals surface area contributed by atoms with Gasteiger partial charge in [0.05, 0.1) is 29.0 Å². The number of hydrogen-bond donors (Lipinski definition) is 3. The van der Waals surface area contributed by atoms with Crippen LogP contribution in [0.3, 0.4) is 0 Å². The van der Waals surface area contributed by atoms with Crippen LogP contribution in [0.25, 0.3) is 0 Å². The van der Waals surface area contributed by atoms with E-state index < -0.39 is 5.54 Å². The molecular weight excluding hydrogens is 332 g/mol. The number of amides is 2. The molecule has 1 unspecified atom stereocenters. The van der Waals surface area contributed by atoms with Crippen LogP contribution in [-0.4, -0.2) is 30.5 Å². The minimum absolute atomic E-state index is 0.0190. The van der Waals surface area contributed by atoms with Crippen LogP contribution >= 0.6 is 11.6 Å². The molecule has 7 nitrogen and oxygen atoms in total. The summed E-state index contributed by atoms with van der Waals surface area (Å²) >= 11 is 6.16. The number of fused-ring (bicyclic) bond motifs is 1. The van der Waals surface area contributed by atoms with E-state index in [2.05, 4.69) is 22.0 Å². The number of carbonyl (C=O) groups is 2. The number of hydrogen-bond acceptors (Lipinski definition) is 5. The number of carbonyl (C=O) groups excluding carboxylic acids is 2. The Labute approximate surface area is 144 Å². The average molecular weight is 349 g/mol. The maximum absolute atomic E-state index is 12.1. The van der Waals surface area contributed by atoms with Crippen LogP contribution in [0.1, 0.15) is 19.8 Å². The van der Waals surface area contributed by atoms with Gasteiger partial charge in [-0.2, -0.15) is 5.26 Å². The quantitative estimate of drug-likeness (QED) is 0.754. The molecule has 1 aromatic rings. The van der Waals surface area contributed by atoms with E-state index in [1.165, 1.54) is 0 Å². The number of benzene rings is 1. The van der Waals surface area contributed by atoms with E-state index in [1.54, 1.807) is 19.1 Å². The van der Waals surface area contributed by atoms with E-state index >= 15 is 0 Å². The number of ether oxygens (including phenoxy) is 1. The van der Waals surface area contributed by atoms with Gasteiger partial charge in [0.1, 0.15) is 11.3 Å². The molecule has 24 heavy (non-hydrogen) atoms. The molecule has 1 aliphatic heterocycles. The number of halogens is 1. The zero-order valence-corrected chi connectivity index (χ0v) is 13.9. The van der Waals surface area contributed by atoms with Crippen LogP contribution in [0.15, 0.2) is 12.1 Å². The molecule has 1 heterocycles. The Morgan fingerprint density at radius 2 is 2.29 bits per heavy atom. The Kier molecular flexibility index (Phi) is 4.24. The molecule has 1 aromatic carbocycles. The molecule has 2 amide bonds. The summed E-state index contributed by atoms with van der Waals surface area (Å²) in [6.07, 6.45) is 1.91. The lowest BCUT2D eigenvalue weighted by atomic mass is 9.98. The van der Waals surface area contributed by atoms with Gasteiger partial charge in [-0.05, 0) is 31.7 Å². The lowest BCUT2D eigenvalue weighted by molar-refractivity contribution is -0.121. The van der Waals surface area contributed by atoms with E-state index in [1.807, 2.05) is 0 Å². The zero-order chi connectivity index (χ0) is 17.3. The Hall–Kier alpha value is -2.46. The monoisotopic (exact) mass is 348 g/mol. The van der Waals surface area contributed by atoms with Crippen LogP contribution < -0.4 is 20.7 Å². The van der Waals surface area contributed by atoms with Crippen molar-refractivity contribution in [2.45, 2.75) is 25.3 Å². The molecule has 0 aromatic heterocycles. The lowest BCUT2D eigenvalue weighted by Gasteiger charge is -2.23. The normalized spacial score (nSPS) is 18.3. The summed E-state index contributed by atoms with van der Waals surface area (Å²) in [6, 6.07) is 5.38. The number of nitrogens with one attached hydrogen (secondary N) is 3. The van der Waals surface area contributed by atoms with Crippen molar-refractivity contribution >= 4 is 34.8 Å². The third kappa shape index (κ3) is 3.39. The molecule has 0 spiro atoms. The van der Waals surface area contributed by atoms with E-state index in [4.69, 9.17) is 16.3 Å². The molecule has 2 aliphatic rings. The summed E-state index contributed by atoms with van der Waals surface area (Å²) in [5.41, 5.74) is 0.190. The molecule has 1 aliphatic carbocycles. The molecule has 126 valence electrons. The molecular formula is C16H17ClN4O3. The summed E-state index contributed by atoms with van der Waals surface area (Å²) in [7, 11) is 0. The van der Waals surface area contributed by atoms with E-state index in [0.717, 1.165) is 12.8 Å². The maximum Gasteiger partial charge on any atom is 0.262 e. The number of nitrogens with zero attached hydrogens (tertiary/aromatic N) is 1. The first-order valence-electron chi connectivity index (χ1n) is 7.63. The first kappa shape index (κ1) is 16.4. The van der Waals surface area contributed by atoms with Gasteiger partial charge in [-0.1, -0.05) is 11.6 Å². The Bertz CT molecular complexity index is 742. The summed E-state index contributed by atoms with van der Waals surface area (Å²) in [4.78, 5) is 23.4. The number of anilines is 2. The second kappa shape index (κ2) is 6.21. The lowest BCUT2D eigenvalue weighted by Crippen LogP contribution is -2.48. The summed E-state index contributed by atoms with van der Waals surface area (Å²) in [5.74, 6) is 0.182. The molecule has 0 radical (unpaired) electrons. The zero-order valence-electron chi connectivity index (χ0n) is 13.1. The summed E-state index contributed by atoms with van der Waals surface area (Å²) in [5, 5.41) is 18.0. The van der Waals surface area contributed by atoms with Crippen molar-refractivity contribution in [3.05, 3.63) is 17.2 Å². The minimum Gasteiger partial charge on any atom is -0.482 e. The van der Waals surface area contributed by atoms with Crippen LogP contribution in [0, 0.1) is 17.2 Å². The molecule has 0 saturated heterocycles. The van der Waals surface area contributed by atoms with Crippen molar-refractivity contribution < 1.29 is 14.3 Å². The Morgan fingerprint density at radius 3 is 2.96 bits per heavy atom. The van der Waals surface area contributed by atoms with E-state index in [-0.39, 0.29) is 30.9 Å². The smallest absolute Gasteiger partial charge is 0.262 e. The molecule has 0 bridgehead atoms. The molecule has 1 atom stereocenters. The van der Waals surface area contributed by atoms with Gasteiger partial charge < -0.3 is 20.7 Å². The standard InChI is InChI=1S/C16H17ClN4O3/c1-16(8-18,9-2-3-9)21-14(22)6-19-11-5-13-12(4-10(11)17)20-15(23)7-24-13/h4-5,9,19H,2-3,6-7H2,1H3,(H,20,23)(H,21,22). The van der Waals surface area contributed by atoms with E-state index in [9.17, 15) is 14.9 Å². The predicted molar refractivity (Wildman–Crippen MR) is 89.0 cm³/mol. The van der Waals surface area contributed by atoms with Crippen LogP contribution in [-0.2, 0) is 9.59 Å². The topological polar surface area (TPSA) is 103 Å². The first-order chi connectivity index (χ1) is 11.4. The highest BCUT2D eigenvalue weighted by molar-refractivity contribution is 6.33. The predicted octanol–water partition coefficient (Wildman–Crippen LogP) is 1.89. The van der Waals surface area contributed by atoms with Crippen LogP contribution in [0.4, 0.5) is 11.4 Å². The van der Waals surface area contributed by atoms with Crippen LogP contribution in [0.2, 0.25) is 5.02 Å². The Morgan fingerprint density at radius 1 is 1.54 bits per heavy atom. The molecule has 1 fully saturated rings. The molecule has 8 heteroatoms. The SMILES string of the molecule is CC(C#N)(NC(=O)CNc1cc2c(cc1Cl)NC(=O)CO2)C1CC1. The van der Waals surface area contributed by atoms with Crippen molar-refractivity contribution in [2.75, 3.05) is 23.8 Å². The van der Waals surface area contributed by atoms with Gasteiger partial charge in [-0.3, -0.25) is 9.59 Å². The van der Waals surface area contributed by atoms with Crippen molar-refractivity contribution in [1.29, 1.82) is 5.26 Å². The van der Waals surface area contributed by atoms with Gasteiger partial charge in [-0.15, -0.1) is 0 Å². The second-order valence-corrected chi connectivity index (χ2v) is 6.56. The third-order valence-corrected chi connectivity index (χ3v) is 4.48.